The fraction of sp³-hybridized carbons (Fsp3) is 0.333. The van der Waals surface area contributed by atoms with Crippen LogP contribution in [0.3, 0.4) is 0 Å². The summed E-state index contributed by atoms with van der Waals surface area (Å²) in [5.41, 5.74) is 7.88. The van der Waals surface area contributed by atoms with Gasteiger partial charge in [-0.1, -0.05) is 19.9 Å². The van der Waals surface area contributed by atoms with E-state index >= 15 is 0 Å². The number of hydrogen-bond donors (Lipinski definition) is 1. The molecule has 5 nitrogen and oxygen atoms in total. The summed E-state index contributed by atoms with van der Waals surface area (Å²) in [6.07, 6.45) is 5.05. The van der Waals surface area contributed by atoms with Gasteiger partial charge in [0.05, 0.1) is 34.3 Å². The zero-order chi connectivity index (χ0) is 19.7. The third-order valence-electron chi connectivity index (χ3n) is 6.69. The van der Waals surface area contributed by atoms with E-state index in [9.17, 15) is 8.78 Å². The first-order chi connectivity index (χ1) is 13.4. The molecule has 5 rings (SSSR count). The Morgan fingerprint density at radius 3 is 2.57 bits per heavy atom. The van der Waals surface area contributed by atoms with Crippen LogP contribution in [-0.4, -0.2) is 20.2 Å². The number of fused-ring (bicyclic) bond motifs is 5. The maximum atomic E-state index is 14.3. The van der Waals surface area contributed by atoms with Crippen LogP contribution in [-0.2, 0) is 5.41 Å². The van der Waals surface area contributed by atoms with Gasteiger partial charge in [0.1, 0.15) is 17.5 Å². The third kappa shape index (κ3) is 1.99. The number of rotatable bonds is 2. The molecule has 142 valence electrons. The van der Waals surface area contributed by atoms with Crippen LogP contribution in [0.25, 0.3) is 11.3 Å². The molecule has 0 spiro atoms. The van der Waals surface area contributed by atoms with Crippen molar-refractivity contribution in [3.8, 4) is 11.3 Å². The van der Waals surface area contributed by atoms with Crippen LogP contribution in [0.5, 0.6) is 0 Å². The van der Waals surface area contributed by atoms with Crippen LogP contribution in [0.2, 0.25) is 0 Å². The molecule has 2 atom stereocenters. The molecule has 0 saturated heterocycles. The molecule has 2 N–H and O–H groups in total. The highest BCUT2D eigenvalue weighted by Gasteiger charge is 2.65. The predicted molar refractivity (Wildman–Crippen MR) is 100 cm³/mol. The highest BCUT2D eigenvalue weighted by Crippen LogP contribution is 2.69. The number of nitrogens with two attached hydrogens (primary N) is 1. The van der Waals surface area contributed by atoms with Crippen molar-refractivity contribution in [2.24, 2.45) is 5.41 Å². The van der Waals surface area contributed by atoms with Gasteiger partial charge in [0, 0.05) is 6.20 Å². The molecular weight excluding hydrogens is 360 g/mol. The average molecular weight is 379 g/mol. The second-order valence-corrected chi connectivity index (χ2v) is 8.18. The van der Waals surface area contributed by atoms with Crippen molar-refractivity contribution in [3.63, 3.8) is 0 Å². The summed E-state index contributed by atoms with van der Waals surface area (Å²) in [6.45, 7) is 4.36. The van der Waals surface area contributed by atoms with Gasteiger partial charge in [0.15, 0.2) is 0 Å². The molecule has 0 unspecified atom stereocenters. The topological polar surface area (TPSA) is 77.6 Å². The number of halogens is 2. The molecule has 7 heteroatoms. The SMILES string of the molecule is CC1(C)[C@H]2CC[C@]1(c1cncc(N)n1)c1nnc(-c3c(F)cccc3F)cc12. The van der Waals surface area contributed by atoms with Crippen LogP contribution in [0.1, 0.15) is 49.6 Å². The van der Waals surface area contributed by atoms with E-state index in [1.807, 2.05) is 0 Å². The summed E-state index contributed by atoms with van der Waals surface area (Å²) in [4.78, 5) is 8.79. The van der Waals surface area contributed by atoms with Gasteiger partial charge in [-0.15, -0.1) is 5.10 Å². The predicted octanol–water partition coefficient (Wildman–Crippen LogP) is 4.00. The number of nitrogen functional groups attached to an aromatic ring is 1. The monoisotopic (exact) mass is 379 g/mol. The zero-order valence-corrected chi connectivity index (χ0v) is 15.6. The smallest absolute Gasteiger partial charge is 0.142 e. The molecule has 0 aliphatic heterocycles. The summed E-state index contributed by atoms with van der Waals surface area (Å²) < 4.78 is 28.5. The van der Waals surface area contributed by atoms with Crippen LogP contribution in [0.15, 0.2) is 36.7 Å². The van der Waals surface area contributed by atoms with Crippen LogP contribution in [0.4, 0.5) is 14.6 Å². The van der Waals surface area contributed by atoms with Crippen LogP contribution < -0.4 is 5.73 Å². The van der Waals surface area contributed by atoms with Crippen molar-refractivity contribution in [3.05, 3.63) is 65.2 Å². The number of anilines is 1. The van der Waals surface area contributed by atoms with Crippen LogP contribution in [0, 0.1) is 17.0 Å². The molecule has 1 aromatic carbocycles. The summed E-state index contributed by atoms with van der Waals surface area (Å²) in [7, 11) is 0. The van der Waals surface area contributed by atoms with Crippen molar-refractivity contribution < 1.29 is 8.78 Å². The standard InChI is InChI=1S/C21H19F2N5/c1-20(2)12-6-7-21(20,16-9-25-10-17(24)26-16)19-11(12)8-15(27-28-19)18-13(22)4-3-5-14(18)23/h3-5,8-10,12H,6-7H2,1-2H3,(H2,24,26)/t12-,21-/m0/s1. The molecule has 1 saturated carbocycles. The summed E-state index contributed by atoms with van der Waals surface area (Å²) >= 11 is 0. The van der Waals surface area contributed by atoms with Gasteiger partial charge >= 0.3 is 0 Å². The van der Waals surface area contributed by atoms with E-state index in [4.69, 9.17) is 5.73 Å². The summed E-state index contributed by atoms with van der Waals surface area (Å²) in [5, 5.41) is 8.69. The molecule has 2 heterocycles. The fourth-order valence-corrected chi connectivity index (χ4v) is 5.34. The van der Waals surface area contributed by atoms with Crippen LogP contribution >= 0.6 is 0 Å². The molecule has 2 aliphatic carbocycles. The molecule has 2 aromatic heterocycles. The third-order valence-corrected chi connectivity index (χ3v) is 6.69. The van der Waals surface area contributed by atoms with E-state index in [0.29, 0.717) is 5.82 Å². The molecule has 0 radical (unpaired) electrons. The van der Waals surface area contributed by atoms with Crippen molar-refractivity contribution in [2.45, 2.75) is 38.0 Å². The highest BCUT2D eigenvalue weighted by atomic mass is 19.1. The van der Waals surface area contributed by atoms with Gasteiger partial charge in [-0.2, -0.15) is 5.10 Å². The molecule has 2 bridgehead atoms. The minimum absolute atomic E-state index is 0.142. The summed E-state index contributed by atoms with van der Waals surface area (Å²) in [5.74, 6) is -0.742. The average Bonchev–Trinajstić information content (AvgIpc) is 3.03. The number of nitrogens with zero attached hydrogens (tertiary/aromatic N) is 4. The van der Waals surface area contributed by atoms with E-state index in [1.54, 1.807) is 12.3 Å². The number of aromatic nitrogens is 4. The molecule has 0 amide bonds. The Morgan fingerprint density at radius 2 is 1.86 bits per heavy atom. The molecule has 28 heavy (non-hydrogen) atoms. The molecule has 2 aliphatic rings. The summed E-state index contributed by atoms with van der Waals surface area (Å²) in [6, 6.07) is 5.59. The van der Waals surface area contributed by atoms with Crippen molar-refractivity contribution in [2.75, 3.05) is 5.73 Å². The largest absolute Gasteiger partial charge is 0.382 e. The minimum atomic E-state index is -0.645. The zero-order valence-electron chi connectivity index (χ0n) is 15.6. The Balaban J connectivity index is 1.74. The van der Waals surface area contributed by atoms with Gasteiger partial charge in [-0.05, 0) is 47.9 Å². The van der Waals surface area contributed by atoms with Crippen molar-refractivity contribution in [1.29, 1.82) is 0 Å². The van der Waals surface area contributed by atoms with Gasteiger partial charge < -0.3 is 5.73 Å². The van der Waals surface area contributed by atoms with Crippen molar-refractivity contribution >= 4 is 5.82 Å². The molecule has 3 aromatic rings. The Hall–Kier alpha value is -2.96. The maximum absolute atomic E-state index is 14.3. The van der Waals surface area contributed by atoms with E-state index in [-0.39, 0.29) is 22.6 Å². The van der Waals surface area contributed by atoms with Gasteiger partial charge in [-0.25, -0.2) is 13.8 Å². The lowest BCUT2D eigenvalue weighted by Gasteiger charge is -2.37. The van der Waals surface area contributed by atoms with Gasteiger partial charge in [0.25, 0.3) is 0 Å². The Labute approximate surface area is 161 Å². The minimum Gasteiger partial charge on any atom is -0.382 e. The lowest BCUT2D eigenvalue weighted by atomic mass is 9.66. The second-order valence-electron chi connectivity index (χ2n) is 8.18. The van der Waals surface area contributed by atoms with Gasteiger partial charge in [-0.3, -0.25) is 4.98 Å². The first kappa shape index (κ1) is 17.2. The lowest BCUT2D eigenvalue weighted by Crippen LogP contribution is -2.38. The first-order valence-corrected chi connectivity index (χ1v) is 9.27. The number of benzene rings is 1. The normalized spacial score (nSPS) is 24.4. The molecule has 1 fully saturated rings. The van der Waals surface area contributed by atoms with E-state index in [0.717, 1.165) is 29.8 Å². The van der Waals surface area contributed by atoms with E-state index < -0.39 is 17.0 Å². The Bertz CT molecular complexity index is 1090. The number of hydrogen-bond acceptors (Lipinski definition) is 5. The second kappa shape index (κ2) is 5.53. The maximum Gasteiger partial charge on any atom is 0.142 e. The lowest BCUT2D eigenvalue weighted by molar-refractivity contribution is 0.242. The van der Waals surface area contributed by atoms with Gasteiger partial charge in [0.2, 0.25) is 0 Å². The Morgan fingerprint density at radius 1 is 1.11 bits per heavy atom. The first-order valence-electron chi connectivity index (χ1n) is 9.27. The highest BCUT2D eigenvalue weighted by molar-refractivity contribution is 5.64. The molecular formula is C21H19F2N5. The van der Waals surface area contributed by atoms with E-state index in [2.05, 4.69) is 34.0 Å². The quantitative estimate of drug-likeness (QED) is 0.728. The van der Waals surface area contributed by atoms with E-state index in [1.165, 1.54) is 24.4 Å². The fourth-order valence-electron chi connectivity index (χ4n) is 5.34. The Kier molecular flexibility index (Phi) is 3.39. The van der Waals surface area contributed by atoms with Crippen molar-refractivity contribution in [1.82, 2.24) is 20.2 Å².